The van der Waals surface area contributed by atoms with Crippen LogP contribution in [0.5, 0.6) is 5.75 Å². The van der Waals surface area contributed by atoms with Crippen LogP contribution < -0.4 is 4.74 Å². The smallest absolute Gasteiger partial charge is 0.310 e. The van der Waals surface area contributed by atoms with Crippen molar-refractivity contribution < 1.29 is 14.3 Å². The number of carbonyl (C=O) groups excluding carboxylic acids is 1. The molecule has 0 amide bonds. The Balaban J connectivity index is 1.56. The zero-order valence-electron chi connectivity index (χ0n) is 15.2. The zero-order valence-corrected chi connectivity index (χ0v) is 15.2. The molecular formula is C22H25NO3. The summed E-state index contributed by atoms with van der Waals surface area (Å²) in [6.07, 6.45) is 0.952. The van der Waals surface area contributed by atoms with Gasteiger partial charge in [-0.1, -0.05) is 42.5 Å². The van der Waals surface area contributed by atoms with E-state index in [9.17, 15) is 4.79 Å². The standard InChI is InChI=1S/C22H25NO3/c1-2-25-22(24)20-15-23(13-16-6-4-3-5-7-16)14-19(20)17-8-9-21-18(12-17)10-11-26-21/h3-9,12,19-20H,2,10-11,13-15H2,1H3. The minimum absolute atomic E-state index is 0.0789. The summed E-state index contributed by atoms with van der Waals surface area (Å²) in [5.74, 6) is 0.966. The van der Waals surface area contributed by atoms with Gasteiger partial charge in [0.2, 0.25) is 0 Å². The SMILES string of the molecule is CCOC(=O)C1CN(Cc2ccccc2)CC1c1ccc2c(c1)CCO2. The summed E-state index contributed by atoms with van der Waals surface area (Å²) < 4.78 is 11.0. The fourth-order valence-corrected chi connectivity index (χ4v) is 4.12. The van der Waals surface area contributed by atoms with E-state index in [0.29, 0.717) is 6.61 Å². The van der Waals surface area contributed by atoms with Crippen molar-refractivity contribution in [2.24, 2.45) is 5.92 Å². The largest absolute Gasteiger partial charge is 0.493 e. The first-order chi connectivity index (χ1) is 12.7. The van der Waals surface area contributed by atoms with E-state index < -0.39 is 0 Å². The average Bonchev–Trinajstić information content (AvgIpc) is 3.29. The van der Waals surface area contributed by atoms with E-state index >= 15 is 0 Å². The lowest BCUT2D eigenvalue weighted by molar-refractivity contribution is -0.148. The van der Waals surface area contributed by atoms with Crippen molar-refractivity contribution in [3.63, 3.8) is 0 Å². The number of hydrogen-bond acceptors (Lipinski definition) is 4. The number of likely N-dealkylation sites (tertiary alicyclic amines) is 1. The molecule has 0 spiro atoms. The van der Waals surface area contributed by atoms with E-state index in [0.717, 1.165) is 38.4 Å². The van der Waals surface area contributed by atoms with Gasteiger partial charge in [-0.3, -0.25) is 9.69 Å². The van der Waals surface area contributed by atoms with E-state index in [1.807, 2.05) is 13.0 Å². The number of esters is 1. The predicted octanol–water partition coefficient (Wildman–Crippen LogP) is 3.40. The first-order valence-electron chi connectivity index (χ1n) is 9.43. The van der Waals surface area contributed by atoms with Crippen LogP contribution in [0.25, 0.3) is 0 Å². The highest BCUT2D eigenvalue weighted by Gasteiger charge is 2.39. The third-order valence-electron chi connectivity index (χ3n) is 5.38. The molecule has 2 aromatic carbocycles. The summed E-state index contributed by atoms with van der Waals surface area (Å²) in [6, 6.07) is 16.8. The molecule has 2 atom stereocenters. The summed E-state index contributed by atoms with van der Waals surface area (Å²) in [5.41, 5.74) is 3.76. The topological polar surface area (TPSA) is 38.8 Å². The Labute approximate surface area is 154 Å². The summed E-state index contributed by atoms with van der Waals surface area (Å²) in [6.45, 7) is 5.53. The predicted molar refractivity (Wildman–Crippen MR) is 100 cm³/mol. The monoisotopic (exact) mass is 351 g/mol. The number of carbonyl (C=O) groups is 1. The molecule has 2 heterocycles. The van der Waals surface area contributed by atoms with Crippen molar-refractivity contribution in [1.82, 2.24) is 4.90 Å². The Bertz CT molecular complexity index is 774. The summed E-state index contributed by atoms with van der Waals surface area (Å²) in [5, 5.41) is 0. The van der Waals surface area contributed by atoms with E-state index in [2.05, 4.69) is 47.4 Å². The highest BCUT2D eigenvalue weighted by Crippen LogP contribution is 2.37. The van der Waals surface area contributed by atoms with Gasteiger partial charge in [0, 0.05) is 32.0 Å². The van der Waals surface area contributed by atoms with Gasteiger partial charge < -0.3 is 9.47 Å². The normalized spacial score (nSPS) is 22.0. The second kappa shape index (κ2) is 7.50. The fourth-order valence-electron chi connectivity index (χ4n) is 4.12. The second-order valence-corrected chi connectivity index (χ2v) is 7.11. The molecule has 26 heavy (non-hydrogen) atoms. The van der Waals surface area contributed by atoms with Crippen LogP contribution in [0.4, 0.5) is 0 Å². The van der Waals surface area contributed by atoms with E-state index in [1.165, 1.54) is 16.7 Å². The van der Waals surface area contributed by atoms with E-state index in [1.54, 1.807) is 0 Å². The third kappa shape index (κ3) is 3.47. The molecular weight excluding hydrogens is 326 g/mol. The van der Waals surface area contributed by atoms with Gasteiger partial charge in [-0.25, -0.2) is 0 Å². The number of rotatable bonds is 5. The molecule has 0 aliphatic carbocycles. The molecule has 4 rings (SSSR count). The minimum Gasteiger partial charge on any atom is -0.493 e. The van der Waals surface area contributed by atoms with Gasteiger partial charge in [0.1, 0.15) is 5.75 Å². The third-order valence-corrected chi connectivity index (χ3v) is 5.38. The molecule has 136 valence electrons. The van der Waals surface area contributed by atoms with E-state index in [-0.39, 0.29) is 17.8 Å². The van der Waals surface area contributed by atoms with Gasteiger partial charge in [0.15, 0.2) is 0 Å². The average molecular weight is 351 g/mol. The number of fused-ring (bicyclic) bond motifs is 1. The Hall–Kier alpha value is -2.33. The molecule has 2 aromatic rings. The lowest BCUT2D eigenvalue weighted by Crippen LogP contribution is -2.25. The molecule has 1 fully saturated rings. The van der Waals surface area contributed by atoms with Gasteiger partial charge in [-0.15, -0.1) is 0 Å². The lowest BCUT2D eigenvalue weighted by atomic mass is 9.88. The van der Waals surface area contributed by atoms with Gasteiger partial charge in [-0.05, 0) is 29.7 Å². The van der Waals surface area contributed by atoms with Crippen LogP contribution in [0, 0.1) is 5.92 Å². The van der Waals surface area contributed by atoms with Crippen LogP contribution in [0.2, 0.25) is 0 Å². The molecule has 0 saturated carbocycles. The van der Waals surface area contributed by atoms with Crippen molar-refractivity contribution in [3.8, 4) is 5.75 Å². The van der Waals surface area contributed by atoms with Crippen molar-refractivity contribution in [1.29, 1.82) is 0 Å². The number of nitrogens with zero attached hydrogens (tertiary/aromatic N) is 1. The van der Waals surface area contributed by atoms with Crippen molar-refractivity contribution in [3.05, 3.63) is 65.2 Å². The molecule has 0 aromatic heterocycles. The summed E-state index contributed by atoms with van der Waals surface area (Å²) in [4.78, 5) is 15.0. The molecule has 0 bridgehead atoms. The van der Waals surface area contributed by atoms with Gasteiger partial charge in [0.05, 0.1) is 19.1 Å². The summed E-state index contributed by atoms with van der Waals surface area (Å²) in [7, 11) is 0. The van der Waals surface area contributed by atoms with Crippen molar-refractivity contribution in [2.75, 3.05) is 26.3 Å². The molecule has 4 heteroatoms. The van der Waals surface area contributed by atoms with Crippen molar-refractivity contribution >= 4 is 5.97 Å². The second-order valence-electron chi connectivity index (χ2n) is 7.11. The molecule has 1 saturated heterocycles. The minimum atomic E-state index is -0.112. The van der Waals surface area contributed by atoms with Gasteiger partial charge in [0.25, 0.3) is 0 Å². The molecule has 0 radical (unpaired) electrons. The van der Waals surface area contributed by atoms with Crippen LogP contribution in [0.3, 0.4) is 0 Å². The fraction of sp³-hybridized carbons (Fsp3) is 0.409. The Kier molecular flexibility index (Phi) is 4.93. The maximum atomic E-state index is 12.6. The summed E-state index contributed by atoms with van der Waals surface area (Å²) >= 11 is 0. The Morgan fingerprint density at radius 3 is 2.85 bits per heavy atom. The molecule has 2 aliphatic rings. The van der Waals surface area contributed by atoms with Gasteiger partial charge in [-0.2, -0.15) is 0 Å². The number of hydrogen-bond donors (Lipinski definition) is 0. The van der Waals surface area contributed by atoms with Crippen LogP contribution >= 0.6 is 0 Å². The Morgan fingerprint density at radius 2 is 2.04 bits per heavy atom. The van der Waals surface area contributed by atoms with E-state index in [4.69, 9.17) is 9.47 Å². The van der Waals surface area contributed by atoms with Crippen LogP contribution in [-0.4, -0.2) is 37.2 Å². The maximum Gasteiger partial charge on any atom is 0.310 e. The van der Waals surface area contributed by atoms with Crippen LogP contribution in [0.1, 0.15) is 29.5 Å². The lowest BCUT2D eigenvalue weighted by Gasteiger charge is -2.18. The number of ether oxygens (including phenoxy) is 2. The van der Waals surface area contributed by atoms with Crippen LogP contribution in [0.15, 0.2) is 48.5 Å². The van der Waals surface area contributed by atoms with Crippen LogP contribution in [-0.2, 0) is 22.5 Å². The highest BCUT2D eigenvalue weighted by molar-refractivity contribution is 5.74. The highest BCUT2D eigenvalue weighted by atomic mass is 16.5. The van der Waals surface area contributed by atoms with Gasteiger partial charge >= 0.3 is 5.97 Å². The zero-order chi connectivity index (χ0) is 17.9. The molecule has 2 unspecified atom stereocenters. The first kappa shape index (κ1) is 17.1. The number of benzene rings is 2. The Morgan fingerprint density at radius 1 is 1.19 bits per heavy atom. The first-order valence-corrected chi connectivity index (χ1v) is 9.43. The quantitative estimate of drug-likeness (QED) is 0.774. The van der Waals surface area contributed by atoms with Crippen molar-refractivity contribution in [2.45, 2.75) is 25.8 Å². The molecule has 4 nitrogen and oxygen atoms in total. The maximum absolute atomic E-state index is 12.6. The molecule has 0 N–H and O–H groups in total. The molecule has 2 aliphatic heterocycles.